The number of nitrogens with one attached hydrogen (secondary N) is 1. The molecule has 1 fully saturated rings. The lowest BCUT2D eigenvalue weighted by Crippen LogP contribution is -2.47. The van der Waals surface area contributed by atoms with Crippen molar-refractivity contribution in [1.82, 2.24) is 13.9 Å². The van der Waals surface area contributed by atoms with Gasteiger partial charge >= 0.3 is 0 Å². The Morgan fingerprint density at radius 3 is 2.33 bits per heavy atom. The highest BCUT2D eigenvalue weighted by molar-refractivity contribution is 7.86. The Morgan fingerprint density at radius 1 is 1.33 bits per heavy atom. The van der Waals surface area contributed by atoms with Crippen molar-refractivity contribution in [3.8, 4) is 0 Å². The third kappa shape index (κ3) is 3.91. The minimum absolute atomic E-state index is 0.481. The third-order valence-corrected chi connectivity index (χ3v) is 5.65. The lowest BCUT2D eigenvalue weighted by molar-refractivity contribution is 0.225. The van der Waals surface area contributed by atoms with E-state index in [0.29, 0.717) is 25.0 Å². The van der Waals surface area contributed by atoms with E-state index in [-0.39, 0.29) is 0 Å². The lowest BCUT2D eigenvalue weighted by atomic mass is 9.91. The molecule has 1 unspecified atom stereocenters. The summed E-state index contributed by atoms with van der Waals surface area (Å²) in [5.74, 6) is 0.588. The monoisotopic (exact) mass is 277 g/mol. The molecule has 0 spiro atoms. The molecule has 1 aliphatic heterocycles. The molecule has 0 amide bonds. The third-order valence-electron chi connectivity index (χ3n) is 3.71. The second-order valence-electron chi connectivity index (χ2n) is 5.27. The molecule has 0 aliphatic carbocycles. The molecule has 0 aromatic carbocycles. The number of hydrogen-bond donors (Lipinski definition) is 1. The highest BCUT2D eigenvalue weighted by atomic mass is 32.2. The molecule has 5 nitrogen and oxygen atoms in total. The van der Waals surface area contributed by atoms with E-state index < -0.39 is 10.2 Å². The molecule has 108 valence electrons. The summed E-state index contributed by atoms with van der Waals surface area (Å²) in [5.41, 5.74) is 0. The van der Waals surface area contributed by atoms with Crippen LogP contribution in [0.25, 0.3) is 0 Å². The lowest BCUT2D eigenvalue weighted by Gasteiger charge is -2.35. The van der Waals surface area contributed by atoms with Gasteiger partial charge in [-0.15, -0.1) is 0 Å². The smallest absolute Gasteiger partial charge is 0.281 e. The minimum atomic E-state index is -3.22. The van der Waals surface area contributed by atoms with Crippen LogP contribution in [0.3, 0.4) is 0 Å². The highest BCUT2D eigenvalue weighted by Gasteiger charge is 2.31. The van der Waals surface area contributed by atoms with Crippen molar-refractivity contribution in [1.29, 1.82) is 0 Å². The maximum absolute atomic E-state index is 12.0. The molecule has 0 aromatic rings. The van der Waals surface area contributed by atoms with Crippen LogP contribution in [0, 0.1) is 5.92 Å². The van der Waals surface area contributed by atoms with Gasteiger partial charge < -0.3 is 5.32 Å². The molecule has 1 aliphatic rings. The van der Waals surface area contributed by atoms with Crippen LogP contribution in [0.4, 0.5) is 0 Å². The van der Waals surface area contributed by atoms with E-state index in [1.807, 2.05) is 0 Å². The van der Waals surface area contributed by atoms with Crippen LogP contribution in [-0.4, -0.2) is 56.8 Å². The van der Waals surface area contributed by atoms with Crippen LogP contribution in [0.2, 0.25) is 0 Å². The molecule has 0 bridgehead atoms. The number of hydrogen-bond acceptors (Lipinski definition) is 3. The molecule has 1 saturated heterocycles. The first-order valence-electron chi connectivity index (χ1n) is 6.80. The van der Waals surface area contributed by atoms with Crippen LogP contribution in [-0.2, 0) is 10.2 Å². The average molecular weight is 277 g/mol. The van der Waals surface area contributed by atoms with E-state index in [4.69, 9.17) is 0 Å². The second kappa shape index (κ2) is 6.84. The fraction of sp³-hybridized carbons (Fsp3) is 1.00. The van der Waals surface area contributed by atoms with Crippen LogP contribution in [0.1, 0.15) is 33.1 Å². The summed E-state index contributed by atoms with van der Waals surface area (Å²) in [6.07, 6.45) is 3.04. The Bertz CT molecular complexity index is 335. The van der Waals surface area contributed by atoms with Gasteiger partial charge in [-0.3, -0.25) is 0 Å². The number of piperidine rings is 1. The normalized spacial score (nSPS) is 21.4. The number of nitrogens with zero attached hydrogens (tertiary/aromatic N) is 2. The molecular weight excluding hydrogens is 250 g/mol. The molecule has 1 heterocycles. The fourth-order valence-electron chi connectivity index (χ4n) is 2.38. The fourth-order valence-corrected chi connectivity index (χ4v) is 3.51. The van der Waals surface area contributed by atoms with Gasteiger partial charge in [0.05, 0.1) is 0 Å². The Labute approximate surface area is 112 Å². The molecule has 18 heavy (non-hydrogen) atoms. The van der Waals surface area contributed by atoms with Crippen LogP contribution in [0.5, 0.6) is 0 Å². The van der Waals surface area contributed by atoms with Gasteiger partial charge in [0, 0.05) is 33.2 Å². The van der Waals surface area contributed by atoms with Crippen molar-refractivity contribution < 1.29 is 8.42 Å². The van der Waals surface area contributed by atoms with Gasteiger partial charge in [0.15, 0.2) is 0 Å². The van der Waals surface area contributed by atoms with E-state index in [9.17, 15) is 8.42 Å². The van der Waals surface area contributed by atoms with Crippen molar-refractivity contribution in [2.45, 2.75) is 39.2 Å². The van der Waals surface area contributed by atoms with Gasteiger partial charge in [-0.1, -0.05) is 6.92 Å². The van der Waals surface area contributed by atoms with Crippen LogP contribution < -0.4 is 5.32 Å². The largest absolute Gasteiger partial charge is 0.314 e. The van der Waals surface area contributed by atoms with E-state index in [1.165, 1.54) is 4.31 Å². The Hall–Kier alpha value is -0.170. The first-order valence-corrected chi connectivity index (χ1v) is 8.20. The first-order chi connectivity index (χ1) is 8.39. The Balaban J connectivity index is 2.46. The van der Waals surface area contributed by atoms with Gasteiger partial charge in [-0.2, -0.15) is 17.0 Å². The maximum Gasteiger partial charge on any atom is 0.281 e. The van der Waals surface area contributed by atoms with Crippen molar-refractivity contribution in [3.63, 3.8) is 0 Å². The molecule has 1 N–H and O–H groups in total. The molecule has 0 aromatic heterocycles. The summed E-state index contributed by atoms with van der Waals surface area (Å²) < 4.78 is 26.8. The molecule has 6 heteroatoms. The van der Waals surface area contributed by atoms with Crippen molar-refractivity contribution in [2.75, 3.05) is 33.7 Å². The van der Waals surface area contributed by atoms with E-state index in [2.05, 4.69) is 19.2 Å². The quantitative estimate of drug-likeness (QED) is 0.784. The Morgan fingerprint density at radius 2 is 1.89 bits per heavy atom. The molecule has 1 rings (SSSR count). The summed E-state index contributed by atoms with van der Waals surface area (Å²) in [4.78, 5) is 0. The molecule has 1 atom stereocenters. The zero-order valence-electron chi connectivity index (χ0n) is 12.0. The van der Waals surface area contributed by atoms with Crippen molar-refractivity contribution in [3.05, 3.63) is 0 Å². The highest BCUT2D eigenvalue weighted by Crippen LogP contribution is 2.23. The average Bonchev–Trinajstić information content (AvgIpc) is 2.35. The van der Waals surface area contributed by atoms with Gasteiger partial charge in [-0.05, 0) is 38.6 Å². The Kier molecular flexibility index (Phi) is 6.04. The topological polar surface area (TPSA) is 52.7 Å². The summed E-state index contributed by atoms with van der Waals surface area (Å²) in [7, 11) is -0.0395. The van der Waals surface area contributed by atoms with E-state index >= 15 is 0 Å². The number of rotatable bonds is 6. The standard InChI is InChI=1S/C12H27N3O2S/c1-5-8-13-11(2)12-6-9-15(10-7-12)18(16,17)14(3)4/h11-13H,5-10H2,1-4H3. The first kappa shape index (κ1) is 15.9. The van der Waals surface area contributed by atoms with Gasteiger partial charge in [0.2, 0.25) is 0 Å². The summed E-state index contributed by atoms with van der Waals surface area (Å²) >= 11 is 0. The summed E-state index contributed by atoms with van der Waals surface area (Å²) in [6, 6.07) is 0.481. The van der Waals surface area contributed by atoms with E-state index in [1.54, 1.807) is 18.4 Å². The zero-order chi connectivity index (χ0) is 13.8. The molecular formula is C12H27N3O2S. The zero-order valence-corrected chi connectivity index (χ0v) is 12.8. The molecule has 0 saturated carbocycles. The van der Waals surface area contributed by atoms with E-state index in [0.717, 1.165) is 25.8 Å². The van der Waals surface area contributed by atoms with Gasteiger partial charge in [0.25, 0.3) is 10.2 Å². The van der Waals surface area contributed by atoms with Gasteiger partial charge in [-0.25, -0.2) is 0 Å². The minimum Gasteiger partial charge on any atom is -0.314 e. The van der Waals surface area contributed by atoms with Crippen molar-refractivity contribution >= 4 is 10.2 Å². The second-order valence-corrected chi connectivity index (χ2v) is 7.41. The maximum atomic E-state index is 12.0. The predicted molar refractivity (Wildman–Crippen MR) is 74.7 cm³/mol. The van der Waals surface area contributed by atoms with Gasteiger partial charge in [0.1, 0.15) is 0 Å². The summed E-state index contributed by atoms with van der Waals surface area (Å²) in [6.45, 7) is 6.69. The molecule has 0 radical (unpaired) electrons. The SMILES string of the molecule is CCCNC(C)C1CCN(S(=O)(=O)N(C)C)CC1. The summed E-state index contributed by atoms with van der Waals surface area (Å²) in [5, 5.41) is 3.50. The predicted octanol–water partition coefficient (Wildman–Crippen LogP) is 0.893. The van der Waals surface area contributed by atoms with Crippen LogP contribution >= 0.6 is 0 Å². The van der Waals surface area contributed by atoms with Crippen LogP contribution in [0.15, 0.2) is 0 Å². The van der Waals surface area contributed by atoms with Crippen molar-refractivity contribution in [2.24, 2.45) is 5.92 Å².